The van der Waals surface area contributed by atoms with E-state index in [0.717, 1.165) is 16.9 Å². The van der Waals surface area contributed by atoms with Crippen molar-refractivity contribution in [1.82, 2.24) is 10.2 Å². The number of likely N-dealkylation sites (N-methyl/N-ethyl adjacent to an activating group) is 1. The van der Waals surface area contributed by atoms with Crippen molar-refractivity contribution in [3.63, 3.8) is 0 Å². The molecule has 0 aliphatic carbocycles. The lowest BCUT2D eigenvalue weighted by Crippen LogP contribution is -2.25. The Morgan fingerprint density at radius 1 is 1.12 bits per heavy atom. The first-order valence-corrected chi connectivity index (χ1v) is 8.03. The summed E-state index contributed by atoms with van der Waals surface area (Å²) in [5.41, 5.74) is 3.75. The fourth-order valence-corrected chi connectivity index (χ4v) is 2.49. The van der Waals surface area contributed by atoms with Crippen molar-refractivity contribution in [1.29, 1.82) is 0 Å². The summed E-state index contributed by atoms with van der Waals surface area (Å²) in [6.45, 7) is 2.59. The van der Waals surface area contributed by atoms with Crippen LogP contribution in [0.3, 0.4) is 0 Å². The van der Waals surface area contributed by atoms with E-state index >= 15 is 0 Å². The zero-order valence-corrected chi connectivity index (χ0v) is 14.4. The first-order chi connectivity index (χ1) is 11.5. The average molecular weight is 338 g/mol. The van der Waals surface area contributed by atoms with Crippen LogP contribution in [0.4, 0.5) is 0 Å². The van der Waals surface area contributed by atoms with E-state index in [0.29, 0.717) is 17.4 Å². The Morgan fingerprint density at radius 2 is 1.79 bits per heavy atom. The molecule has 0 aromatic heterocycles. The van der Waals surface area contributed by atoms with Gasteiger partial charge in [-0.1, -0.05) is 42.0 Å². The number of aryl methyl sites for hydroxylation is 1. The van der Waals surface area contributed by atoms with Gasteiger partial charge in [-0.2, -0.15) is 0 Å². The molecule has 1 heterocycles. The van der Waals surface area contributed by atoms with Crippen LogP contribution in [-0.4, -0.2) is 23.0 Å². The van der Waals surface area contributed by atoms with E-state index in [9.17, 15) is 4.79 Å². The van der Waals surface area contributed by atoms with Crippen molar-refractivity contribution in [3.05, 3.63) is 70.9 Å². The van der Waals surface area contributed by atoms with Crippen molar-refractivity contribution < 1.29 is 9.53 Å². The van der Waals surface area contributed by atoms with Gasteiger partial charge in [0, 0.05) is 7.05 Å². The molecule has 1 saturated heterocycles. The predicted octanol–water partition coefficient (Wildman–Crippen LogP) is 3.26. The van der Waals surface area contributed by atoms with Gasteiger partial charge < -0.3 is 10.1 Å². The monoisotopic (exact) mass is 338 g/mol. The zero-order valence-electron chi connectivity index (χ0n) is 13.6. The topological polar surface area (TPSA) is 41.6 Å². The summed E-state index contributed by atoms with van der Waals surface area (Å²) in [4.78, 5) is 13.4. The van der Waals surface area contributed by atoms with Gasteiger partial charge in [-0.25, -0.2) is 0 Å². The summed E-state index contributed by atoms with van der Waals surface area (Å²) < 4.78 is 5.78. The van der Waals surface area contributed by atoms with Crippen LogP contribution < -0.4 is 10.1 Å². The molecule has 0 unspecified atom stereocenters. The fraction of sp³-hybridized carbons (Fsp3) is 0.158. The molecule has 1 fully saturated rings. The highest BCUT2D eigenvalue weighted by Gasteiger charge is 2.26. The lowest BCUT2D eigenvalue weighted by molar-refractivity contribution is -0.121. The van der Waals surface area contributed by atoms with E-state index in [2.05, 4.69) is 36.5 Å². The van der Waals surface area contributed by atoms with Gasteiger partial charge in [-0.3, -0.25) is 9.69 Å². The molecule has 0 bridgehead atoms. The number of nitrogens with one attached hydrogen (secondary N) is 1. The Labute approximate surface area is 146 Å². The smallest absolute Gasteiger partial charge is 0.276 e. The number of nitrogens with zero attached hydrogens (tertiary/aromatic N) is 1. The summed E-state index contributed by atoms with van der Waals surface area (Å²) >= 11 is 5.05. The third-order valence-corrected chi connectivity index (χ3v) is 4.17. The van der Waals surface area contributed by atoms with Crippen molar-refractivity contribution >= 4 is 29.3 Å². The van der Waals surface area contributed by atoms with E-state index in [-0.39, 0.29) is 5.91 Å². The Balaban J connectivity index is 1.64. The molecule has 0 saturated carbocycles. The first kappa shape index (κ1) is 16.2. The van der Waals surface area contributed by atoms with Crippen LogP contribution in [0.15, 0.2) is 54.2 Å². The fourth-order valence-electron chi connectivity index (χ4n) is 2.30. The molecule has 24 heavy (non-hydrogen) atoms. The molecule has 5 heteroatoms. The van der Waals surface area contributed by atoms with E-state index in [4.69, 9.17) is 17.0 Å². The summed E-state index contributed by atoms with van der Waals surface area (Å²) in [7, 11) is 1.65. The second kappa shape index (κ2) is 6.84. The number of hydrogen-bond acceptors (Lipinski definition) is 3. The summed E-state index contributed by atoms with van der Waals surface area (Å²) in [5, 5.41) is 3.33. The molecule has 3 rings (SSSR count). The second-order valence-electron chi connectivity index (χ2n) is 5.70. The van der Waals surface area contributed by atoms with E-state index < -0.39 is 0 Å². The lowest BCUT2D eigenvalue weighted by atomic mass is 10.1. The molecule has 1 N–H and O–H groups in total. The number of ether oxygens (including phenoxy) is 1. The van der Waals surface area contributed by atoms with Crippen LogP contribution in [0.1, 0.15) is 16.7 Å². The number of benzene rings is 2. The zero-order chi connectivity index (χ0) is 17.1. The van der Waals surface area contributed by atoms with Crippen LogP contribution >= 0.6 is 12.2 Å². The van der Waals surface area contributed by atoms with Gasteiger partial charge in [-0.05, 0) is 48.5 Å². The Bertz CT molecular complexity index is 795. The molecular formula is C19H18N2O2S. The number of thiocarbonyl (C=S) groups is 1. The maximum Gasteiger partial charge on any atom is 0.276 e. The van der Waals surface area contributed by atoms with Crippen LogP contribution in [0.2, 0.25) is 0 Å². The Morgan fingerprint density at radius 3 is 2.38 bits per heavy atom. The highest BCUT2D eigenvalue weighted by molar-refractivity contribution is 7.80. The van der Waals surface area contributed by atoms with Crippen LogP contribution in [-0.2, 0) is 11.4 Å². The van der Waals surface area contributed by atoms with Gasteiger partial charge >= 0.3 is 0 Å². The molecule has 4 nitrogen and oxygen atoms in total. The van der Waals surface area contributed by atoms with E-state index in [1.165, 1.54) is 10.5 Å². The predicted molar refractivity (Wildman–Crippen MR) is 98.4 cm³/mol. The summed E-state index contributed by atoms with van der Waals surface area (Å²) in [6.07, 6.45) is 1.78. The molecule has 1 amide bonds. The largest absolute Gasteiger partial charge is 0.489 e. The van der Waals surface area contributed by atoms with Gasteiger partial charge in [0.1, 0.15) is 18.1 Å². The van der Waals surface area contributed by atoms with Crippen molar-refractivity contribution in [2.24, 2.45) is 0 Å². The van der Waals surface area contributed by atoms with Crippen molar-refractivity contribution in [3.8, 4) is 5.75 Å². The molecule has 2 aromatic rings. The van der Waals surface area contributed by atoms with Gasteiger partial charge in [-0.15, -0.1) is 0 Å². The molecule has 0 spiro atoms. The van der Waals surface area contributed by atoms with Crippen molar-refractivity contribution in [2.75, 3.05) is 7.05 Å². The Hall–Kier alpha value is -2.66. The van der Waals surface area contributed by atoms with Gasteiger partial charge in [0.05, 0.1) is 0 Å². The molecule has 1 aliphatic rings. The lowest BCUT2D eigenvalue weighted by Gasteiger charge is -2.07. The Kier molecular flexibility index (Phi) is 4.62. The van der Waals surface area contributed by atoms with Gasteiger partial charge in [0.15, 0.2) is 5.11 Å². The van der Waals surface area contributed by atoms with E-state index in [1.54, 1.807) is 13.1 Å². The molecule has 0 radical (unpaired) electrons. The maximum atomic E-state index is 12.0. The first-order valence-electron chi connectivity index (χ1n) is 7.62. The normalized spacial score (nSPS) is 15.8. The molecule has 122 valence electrons. The second-order valence-corrected chi connectivity index (χ2v) is 6.08. The number of rotatable bonds is 4. The highest BCUT2D eigenvalue weighted by atomic mass is 32.1. The minimum Gasteiger partial charge on any atom is -0.489 e. The summed E-state index contributed by atoms with van der Waals surface area (Å²) in [6, 6.07) is 15.9. The quantitative estimate of drug-likeness (QED) is 0.686. The van der Waals surface area contributed by atoms with Gasteiger partial charge in [0.25, 0.3) is 5.91 Å². The number of carbonyl (C=O) groups is 1. The average Bonchev–Trinajstić information content (AvgIpc) is 2.83. The number of hydrogen-bond donors (Lipinski definition) is 1. The SMILES string of the molecule is Cc1ccc(COc2ccc(C=C3NC(=S)N(C)C3=O)cc2)cc1. The molecule has 2 aromatic carbocycles. The van der Waals surface area contributed by atoms with Crippen LogP contribution in [0.5, 0.6) is 5.75 Å². The van der Waals surface area contributed by atoms with Gasteiger partial charge in [0.2, 0.25) is 0 Å². The highest BCUT2D eigenvalue weighted by Crippen LogP contribution is 2.18. The van der Waals surface area contributed by atoms with Crippen molar-refractivity contribution in [2.45, 2.75) is 13.5 Å². The van der Waals surface area contributed by atoms with Crippen LogP contribution in [0.25, 0.3) is 6.08 Å². The minimum atomic E-state index is -0.125. The third kappa shape index (κ3) is 3.63. The number of amides is 1. The number of carbonyl (C=O) groups excluding carboxylic acids is 1. The van der Waals surface area contributed by atoms with Crippen LogP contribution in [0, 0.1) is 6.92 Å². The van der Waals surface area contributed by atoms with E-state index in [1.807, 2.05) is 24.3 Å². The minimum absolute atomic E-state index is 0.125. The standard InChI is InChI=1S/C19H18N2O2S/c1-13-3-5-15(6-4-13)12-23-16-9-7-14(8-10-16)11-17-18(22)21(2)19(24)20-17/h3-11H,12H2,1-2H3,(H,20,24). The third-order valence-electron chi connectivity index (χ3n) is 3.80. The summed E-state index contributed by atoms with van der Waals surface area (Å²) in [5.74, 6) is 0.663. The molecule has 0 atom stereocenters. The molecular weight excluding hydrogens is 320 g/mol. The maximum absolute atomic E-state index is 12.0. The molecule has 1 aliphatic heterocycles.